The third kappa shape index (κ3) is 4.21. The molecule has 2 aromatic carbocycles. The van der Waals surface area contributed by atoms with E-state index in [4.69, 9.17) is 14.2 Å². The SMILES string of the molecule is CC1(C)CCc2cc(CN3CCN(Cc4ccc5c(c4)OCO5)CC3)ccc2O1. The number of rotatable bonds is 4. The van der Waals surface area contributed by atoms with Crippen LogP contribution in [-0.4, -0.2) is 48.4 Å². The Bertz CT molecular complexity index is 888. The Balaban J connectivity index is 1.14. The maximum atomic E-state index is 6.13. The predicted molar refractivity (Wildman–Crippen MR) is 113 cm³/mol. The van der Waals surface area contributed by atoms with Crippen molar-refractivity contribution in [1.82, 2.24) is 9.80 Å². The predicted octanol–water partition coefficient (Wildman–Crippen LogP) is 3.84. The fourth-order valence-electron chi connectivity index (χ4n) is 4.47. The molecule has 3 aliphatic rings. The summed E-state index contributed by atoms with van der Waals surface area (Å²) in [6, 6.07) is 13.0. The van der Waals surface area contributed by atoms with E-state index in [0.717, 1.165) is 69.4 Å². The van der Waals surface area contributed by atoms with Crippen LogP contribution in [0.15, 0.2) is 36.4 Å². The molecule has 3 heterocycles. The van der Waals surface area contributed by atoms with Gasteiger partial charge in [-0.2, -0.15) is 0 Å². The molecule has 0 aliphatic carbocycles. The van der Waals surface area contributed by atoms with E-state index in [1.54, 1.807) is 0 Å². The molecule has 0 spiro atoms. The van der Waals surface area contributed by atoms with Crippen LogP contribution in [0.1, 0.15) is 37.0 Å². The van der Waals surface area contributed by atoms with Crippen molar-refractivity contribution >= 4 is 0 Å². The van der Waals surface area contributed by atoms with Gasteiger partial charge in [-0.25, -0.2) is 0 Å². The Labute approximate surface area is 173 Å². The maximum Gasteiger partial charge on any atom is 0.231 e. The van der Waals surface area contributed by atoms with E-state index in [-0.39, 0.29) is 5.60 Å². The van der Waals surface area contributed by atoms with Gasteiger partial charge in [-0.05, 0) is 61.6 Å². The largest absolute Gasteiger partial charge is 0.488 e. The zero-order valence-corrected chi connectivity index (χ0v) is 17.4. The lowest BCUT2D eigenvalue weighted by Crippen LogP contribution is -2.45. The van der Waals surface area contributed by atoms with Gasteiger partial charge < -0.3 is 14.2 Å². The molecule has 29 heavy (non-hydrogen) atoms. The molecule has 0 bridgehead atoms. The molecule has 1 fully saturated rings. The number of hydrogen-bond acceptors (Lipinski definition) is 5. The number of hydrogen-bond donors (Lipinski definition) is 0. The molecule has 5 rings (SSSR count). The second-order valence-corrected chi connectivity index (χ2v) is 9.04. The summed E-state index contributed by atoms with van der Waals surface area (Å²) in [5, 5.41) is 0. The van der Waals surface area contributed by atoms with Crippen LogP contribution >= 0.6 is 0 Å². The molecule has 0 atom stereocenters. The number of benzene rings is 2. The van der Waals surface area contributed by atoms with Crippen molar-refractivity contribution in [1.29, 1.82) is 0 Å². The highest BCUT2D eigenvalue weighted by Gasteiger charge is 2.27. The first-order valence-electron chi connectivity index (χ1n) is 10.7. The smallest absolute Gasteiger partial charge is 0.231 e. The van der Waals surface area contributed by atoms with Crippen LogP contribution in [-0.2, 0) is 19.5 Å². The van der Waals surface area contributed by atoms with Crippen molar-refractivity contribution in [3.63, 3.8) is 0 Å². The standard InChI is InChI=1S/C24H30N2O3/c1-24(2)8-7-20-13-18(3-5-21(20)29-24)15-25-9-11-26(12-10-25)16-19-4-6-22-23(14-19)28-17-27-22/h3-6,13-14H,7-12,15-17H2,1-2H3. The number of nitrogens with zero attached hydrogens (tertiary/aromatic N) is 2. The monoisotopic (exact) mass is 394 g/mol. The summed E-state index contributed by atoms with van der Waals surface area (Å²) in [4.78, 5) is 5.09. The second-order valence-electron chi connectivity index (χ2n) is 9.04. The van der Waals surface area contributed by atoms with Gasteiger partial charge in [0.1, 0.15) is 11.4 Å². The zero-order chi connectivity index (χ0) is 19.8. The van der Waals surface area contributed by atoms with Crippen molar-refractivity contribution < 1.29 is 14.2 Å². The average Bonchev–Trinajstić information content (AvgIpc) is 3.17. The molecule has 0 N–H and O–H groups in total. The van der Waals surface area contributed by atoms with Gasteiger partial charge in [0.25, 0.3) is 0 Å². The van der Waals surface area contributed by atoms with Crippen LogP contribution in [0.25, 0.3) is 0 Å². The minimum absolute atomic E-state index is 0.0389. The first-order valence-corrected chi connectivity index (χ1v) is 10.7. The molecule has 0 amide bonds. The lowest BCUT2D eigenvalue weighted by molar-refractivity contribution is 0.0844. The van der Waals surface area contributed by atoms with Crippen molar-refractivity contribution in [2.24, 2.45) is 0 Å². The normalized spacial score (nSPS) is 20.9. The van der Waals surface area contributed by atoms with E-state index in [0.29, 0.717) is 6.79 Å². The van der Waals surface area contributed by atoms with Crippen molar-refractivity contribution in [3.05, 3.63) is 53.1 Å². The van der Waals surface area contributed by atoms with Crippen molar-refractivity contribution in [2.45, 2.75) is 45.4 Å². The fourth-order valence-corrected chi connectivity index (χ4v) is 4.47. The van der Waals surface area contributed by atoms with Crippen LogP contribution in [0, 0.1) is 0 Å². The lowest BCUT2D eigenvalue weighted by atomic mass is 9.93. The van der Waals surface area contributed by atoms with E-state index in [2.05, 4.69) is 54.0 Å². The first-order chi connectivity index (χ1) is 14.0. The summed E-state index contributed by atoms with van der Waals surface area (Å²) < 4.78 is 17.0. The molecule has 0 saturated carbocycles. The fraction of sp³-hybridized carbons (Fsp3) is 0.500. The highest BCUT2D eigenvalue weighted by atomic mass is 16.7. The summed E-state index contributed by atoms with van der Waals surface area (Å²) >= 11 is 0. The molecule has 1 saturated heterocycles. The third-order valence-corrected chi connectivity index (χ3v) is 6.22. The molecule has 0 aromatic heterocycles. The topological polar surface area (TPSA) is 34.2 Å². The summed E-state index contributed by atoms with van der Waals surface area (Å²) in [5.41, 5.74) is 4.02. The van der Waals surface area contributed by atoms with E-state index < -0.39 is 0 Å². The quantitative estimate of drug-likeness (QED) is 0.787. The first kappa shape index (κ1) is 18.8. The van der Waals surface area contributed by atoms with E-state index >= 15 is 0 Å². The molecule has 154 valence electrons. The van der Waals surface area contributed by atoms with E-state index in [1.165, 1.54) is 16.7 Å². The summed E-state index contributed by atoms with van der Waals surface area (Å²) in [6.45, 7) is 11.1. The average molecular weight is 395 g/mol. The minimum atomic E-state index is -0.0389. The van der Waals surface area contributed by atoms with Crippen LogP contribution in [0.4, 0.5) is 0 Å². The van der Waals surface area contributed by atoms with Gasteiger partial charge in [0.15, 0.2) is 11.5 Å². The van der Waals surface area contributed by atoms with Gasteiger partial charge in [-0.3, -0.25) is 9.80 Å². The minimum Gasteiger partial charge on any atom is -0.488 e. The Morgan fingerprint density at radius 1 is 0.793 bits per heavy atom. The molecule has 3 aliphatic heterocycles. The Morgan fingerprint density at radius 2 is 1.41 bits per heavy atom. The van der Waals surface area contributed by atoms with Gasteiger partial charge >= 0.3 is 0 Å². The van der Waals surface area contributed by atoms with Crippen LogP contribution < -0.4 is 14.2 Å². The molecule has 2 aromatic rings. The molecule has 0 radical (unpaired) electrons. The van der Waals surface area contributed by atoms with Crippen LogP contribution in [0.5, 0.6) is 17.2 Å². The number of fused-ring (bicyclic) bond motifs is 2. The Hall–Kier alpha value is -2.24. The van der Waals surface area contributed by atoms with Crippen LogP contribution in [0.2, 0.25) is 0 Å². The number of aryl methyl sites for hydroxylation is 1. The van der Waals surface area contributed by atoms with Gasteiger partial charge in [0.05, 0.1) is 0 Å². The van der Waals surface area contributed by atoms with Gasteiger partial charge in [0, 0.05) is 39.3 Å². The van der Waals surface area contributed by atoms with Crippen molar-refractivity contribution in [3.8, 4) is 17.2 Å². The zero-order valence-electron chi connectivity index (χ0n) is 17.4. The highest BCUT2D eigenvalue weighted by molar-refractivity contribution is 5.44. The van der Waals surface area contributed by atoms with Crippen LogP contribution in [0.3, 0.4) is 0 Å². The van der Waals surface area contributed by atoms with Gasteiger partial charge in [-0.15, -0.1) is 0 Å². The highest BCUT2D eigenvalue weighted by Crippen LogP contribution is 2.34. The molecule has 5 heteroatoms. The number of piperazine rings is 1. The summed E-state index contributed by atoms with van der Waals surface area (Å²) in [6.07, 6.45) is 2.20. The van der Waals surface area contributed by atoms with Gasteiger partial charge in [0.2, 0.25) is 6.79 Å². The lowest BCUT2D eigenvalue weighted by Gasteiger charge is -2.35. The maximum absolute atomic E-state index is 6.13. The summed E-state index contributed by atoms with van der Waals surface area (Å²) in [5.74, 6) is 2.80. The van der Waals surface area contributed by atoms with E-state index in [1.807, 2.05) is 6.07 Å². The molecule has 0 unspecified atom stereocenters. The molecular weight excluding hydrogens is 364 g/mol. The van der Waals surface area contributed by atoms with Crippen molar-refractivity contribution in [2.75, 3.05) is 33.0 Å². The molecule has 5 nitrogen and oxygen atoms in total. The Morgan fingerprint density at radius 3 is 2.14 bits per heavy atom. The second kappa shape index (κ2) is 7.54. The summed E-state index contributed by atoms with van der Waals surface area (Å²) in [7, 11) is 0. The Kier molecular flexibility index (Phi) is 4.88. The molecular formula is C24H30N2O3. The number of ether oxygens (including phenoxy) is 3. The van der Waals surface area contributed by atoms with Gasteiger partial charge in [-0.1, -0.05) is 18.2 Å². The third-order valence-electron chi connectivity index (χ3n) is 6.22. The van der Waals surface area contributed by atoms with E-state index in [9.17, 15) is 0 Å².